The second-order valence-corrected chi connectivity index (χ2v) is 4.18. The van der Waals surface area contributed by atoms with Crippen molar-refractivity contribution in [2.24, 2.45) is 11.5 Å². The second kappa shape index (κ2) is 9.27. The number of nitrogens with two attached hydrogens (primary N) is 2. The van der Waals surface area contributed by atoms with E-state index in [0.717, 1.165) is 0 Å². The van der Waals surface area contributed by atoms with Gasteiger partial charge in [-0.3, -0.25) is 14.4 Å². The molecule has 8 heteroatoms. The van der Waals surface area contributed by atoms with Crippen molar-refractivity contribution >= 4 is 17.9 Å². The lowest BCUT2D eigenvalue weighted by Gasteiger charge is -2.31. The highest BCUT2D eigenvalue weighted by atomic mass is 16.6. The molecule has 0 aromatic carbocycles. The van der Waals surface area contributed by atoms with Crippen LogP contribution in [0.2, 0.25) is 0 Å². The van der Waals surface area contributed by atoms with Crippen LogP contribution in [0.25, 0.3) is 0 Å². The molecule has 20 heavy (non-hydrogen) atoms. The Bertz CT molecular complexity index is 347. The highest BCUT2D eigenvalue weighted by Crippen LogP contribution is 2.16. The molecule has 0 heterocycles. The van der Waals surface area contributed by atoms with Crippen molar-refractivity contribution in [3.05, 3.63) is 0 Å². The van der Waals surface area contributed by atoms with Gasteiger partial charge in [0.2, 0.25) is 0 Å². The van der Waals surface area contributed by atoms with E-state index in [4.69, 9.17) is 25.7 Å². The molecule has 0 spiro atoms. The maximum Gasteiger partial charge on any atom is 0.303 e. The predicted molar refractivity (Wildman–Crippen MR) is 69.4 cm³/mol. The summed E-state index contributed by atoms with van der Waals surface area (Å²) in [6.45, 7) is 3.74. The molecule has 0 bridgehead atoms. The van der Waals surface area contributed by atoms with Crippen LogP contribution in [-0.4, -0.2) is 49.3 Å². The Morgan fingerprint density at radius 2 is 1.30 bits per heavy atom. The van der Waals surface area contributed by atoms with Gasteiger partial charge in [-0.05, 0) is 6.54 Å². The fourth-order valence-electron chi connectivity index (χ4n) is 1.71. The summed E-state index contributed by atoms with van der Waals surface area (Å²) in [4.78, 5) is 33.3. The van der Waals surface area contributed by atoms with E-state index in [0.29, 0.717) is 0 Å². The van der Waals surface area contributed by atoms with Crippen molar-refractivity contribution in [1.29, 1.82) is 0 Å². The fraction of sp³-hybridized carbons (Fsp3) is 0.750. The van der Waals surface area contributed by atoms with E-state index in [9.17, 15) is 14.4 Å². The van der Waals surface area contributed by atoms with Crippen LogP contribution in [0.15, 0.2) is 0 Å². The summed E-state index contributed by atoms with van der Waals surface area (Å²) in [7, 11) is 0. The molecule has 0 aliphatic rings. The molecule has 0 aromatic heterocycles. The first kappa shape index (κ1) is 18.3. The van der Waals surface area contributed by atoms with E-state index in [1.54, 1.807) is 0 Å². The first-order valence-corrected chi connectivity index (χ1v) is 6.23. The van der Waals surface area contributed by atoms with Gasteiger partial charge in [0.05, 0.1) is 0 Å². The van der Waals surface area contributed by atoms with Crippen molar-refractivity contribution in [3.8, 4) is 0 Å². The summed E-state index contributed by atoms with van der Waals surface area (Å²) in [5, 5.41) is 0. The normalized spacial score (nSPS) is 14.8. The Morgan fingerprint density at radius 1 is 0.850 bits per heavy atom. The zero-order chi connectivity index (χ0) is 15.7. The van der Waals surface area contributed by atoms with E-state index >= 15 is 0 Å². The first-order valence-electron chi connectivity index (χ1n) is 6.23. The maximum atomic E-state index is 11.2. The molecule has 3 atom stereocenters. The Morgan fingerprint density at radius 3 is 1.65 bits per heavy atom. The van der Waals surface area contributed by atoms with Crippen molar-refractivity contribution in [3.63, 3.8) is 0 Å². The van der Waals surface area contributed by atoms with Crippen LogP contribution in [-0.2, 0) is 28.6 Å². The van der Waals surface area contributed by atoms with Crippen molar-refractivity contribution in [2.45, 2.75) is 45.5 Å². The van der Waals surface area contributed by atoms with Crippen molar-refractivity contribution in [2.75, 3.05) is 13.1 Å². The number of hydrogen-bond acceptors (Lipinski definition) is 8. The topological polar surface area (TPSA) is 131 Å². The second-order valence-electron chi connectivity index (χ2n) is 4.18. The molecular formula is C12H22N2O6. The SMILES string of the molecule is CC(=O)OC(CN)C(OC(C)=O)C(CCN)OC(C)=O. The lowest BCUT2D eigenvalue weighted by molar-refractivity contribution is -0.182. The molecular weight excluding hydrogens is 268 g/mol. The largest absolute Gasteiger partial charge is 0.458 e. The van der Waals surface area contributed by atoms with Gasteiger partial charge >= 0.3 is 17.9 Å². The lowest BCUT2D eigenvalue weighted by atomic mass is 10.0. The molecule has 8 nitrogen and oxygen atoms in total. The van der Waals surface area contributed by atoms with Gasteiger partial charge in [-0.2, -0.15) is 0 Å². The smallest absolute Gasteiger partial charge is 0.303 e. The summed E-state index contributed by atoms with van der Waals surface area (Å²) >= 11 is 0. The van der Waals surface area contributed by atoms with Gasteiger partial charge in [-0.1, -0.05) is 0 Å². The molecule has 3 unspecified atom stereocenters. The van der Waals surface area contributed by atoms with Gasteiger partial charge in [0.25, 0.3) is 0 Å². The van der Waals surface area contributed by atoms with Gasteiger partial charge < -0.3 is 25.7 Å². The quantitative estimate of drug-likeness (QED) is 0.434. The molecule has 0 saturated carbocycles. The number of carbonyl (C=O) groups excluding carboxylic acids is 3. The summed E-state index contributed by atoms with van der Waals surface area (Å²) in [6, 6.07) is 0. The van der Waals surface area contributed by atoms with E-state index in [1.807, 2.05) is 0 Å². The molecule has 0 aliphatic carbocycles. The Balaban J connectivity index is 5.16. The van der Waals surface area contributed by atoms with Crippen LogP contribution in [0.5, 0.6) is 0 Å². The average molecular weight is 290 g/mol. The third-order valence-corrected chi connectivity index (χ3v) is 2.35. The van der Waals surface area contributed by atoms with E-state index in [1.165, 1.54) is 20.8 Å². The summed E-state index contributed by atoms with van der Waals surface area (Å²) < 4.78 is 15.2. The molecule has 4 N–H and O–H groups in total. The number of hydrogen-bond donors (Lipinski definition) is 2. The Hall–Kier alpha value is -1.67. The summed E-state index contributed by atoms with van der Waals surface area (Å²) in [6.07, 6.45) is -2.48. The van der Waals surface area contributed by atoms with Crippen LogP contribution >= 0.6 is 0 Å². The van der Waals surface area contributed by atoms with E-state index in [2.05, 4.69) is 0 Å². The lowest BCUT2D eigenvalue weighted by Crippen LogP contribution is -2.48. The van der Waals surface area contributed by atoms with Gasteiger partial charge in [-0.25, -0.2) is 0 Å². The van der Waals surface area contributed by atoms with Crippen molar-refractivity contribution < 1.29 is 28.6 Å². The van der Waals surface area contributed by atoms with Crippen LogP contribution in [0.4, 0.5) is 0 Å². The maximum absolute atomic E-state index is 11.2. The molecule has 0 saturated heterocycles. The minimum atomic E-state index is -0.992. The van der Waals surface area contributed by atoms with E-state index < -0.39 is 36.2 Å². The van der Waals surface area contributed by atoms with Gasteiger partial charge in [0, 0.05) is 33.7 Å². The summed E-state index contributed by atoms with van der Waals surface area (Å²) in [5.74, 6) is -1.74. The minimum absolute atomic E-state index is 0.0835. The third-order valence-electron chi connectivity index (χ3n) is 2.35. The van der Waals surface area contributed by atoms with Crippen LogP contribution in [0.1, 0.15) is 27.2 Å². The molecule has 116 valence electrons. The first-order chi connectivity index (χ1) is 9.31. The highest BCUT2D eigenvalue weighted by Gasteiger charge is 2.35. The van der Waals surface area contributed by atoms with Gasteiger partial charge in [0.1, 0.15) is 6.10 Å². The zero-order valence-corrected chi connectivity index (χ0v) is 12.0. The van der Waals surface area contributed by atoms with Gasteiger partial charge in [0.15, 0.2) is 12.2 Å². The molecule has 0 aromatic rings. The summed E-state index contributed by atoms with van der Waals surface area (Å²) in [5.41, 5.74) is 11.0. The predicted octanol–water partition coefficient (Wildman–Crippen LogP) is -0.911. The van der Waals surface area contributed by atoms with E-state index in [-0.39, 0.29) is 19.5 Å². The standard InChI is InChI=1S/C12H22N2O6/c1-7(15)18-10(4-5-13)12(20-9(3)17)11(6-14)19-8(2)16/h10-12H,4-6,13-14H2,1-3H3. The number of esters is 3. The monoisotopic (exact) mass is 290 g/mol. The average Bonchev–Trinajstić information content (AvgIpc) is 2.31. The van der Waals surface area contributed by atoms with Crippen LogP contribution < -0.4 is 11.5 Å². The minimum Gasteiger partial charge on any atom is -0.458 e. The number of carbonyl (C=O) groups is 3. The Labute approximate surface area is 117 Å². The Kier molecular flexibility index (Phi) is 8.49. The van der Waals surface area contributed by atoms with Crippen LogP contribution in [0, 0.1) is 0 Å². The number of ether oxygens (including phenoxy) is 3. The highest BCUT2D eigenvalue weighted by molar-refractivity contribution is 5.68. The molecule has 0 aliphatic heterocycles. The molecule has 0 radical (unpaired) electrons. The van der Waals surface area contributed by atoms with Gasteiger partial charge in [-0.15, -0.1) is 0 Å². The van der Waals surface area contributed by atoms with Crippen LogP contribution in [0.3, 0.4) is 0 Å². The molecule has 0 amide bonds. The molecule has 0 rings (SSSR count). The van der Waals surface area contributed by atoms with Crippen molar-refractivity contribution in [1.82, 2.24) is 0 Å². The zero-order valence-electron chi connectivity index (χ0n) is 12.0. The number of rotatable bonds is 8. The fourth-order valence-corrected chi connectivity index (χ4v) is 1.71. The molecule has 0 fully saturated rings. The third kappa shape index (κ3) is 7.05.